The largest absolute Gasteiger partial charge is 0.295 e. The van der Waals surface area contributed by atoms with Crippen LogP contribution in [0.3, 0.4) is 0 Å². The Hall–Kier alpha value is -3.21. The average Bonchev–Trinajstić information content (AvgIpc) is 3.28. The second-order valence-corrected chi connectivity index (χ2v) is 6.02. The molecule has 0 aliphatic carbocycles. The fourth-order valence-corrected chi connectivity index (χ4v) is 3.00. The van der Waals surface area contributed by atoms with E-state index in [1.54, 1.807) is 13.1 Å². The highest BCUT2D eigenvalue weighted by Gasteiger charge is 2.16. The molecule has 0 fully saturated rings. The highest BCUT2D eigenvalue weighted by molar-refractivity contribution is 5.98. The Bertz CT molecular complexity index is 1040. The molecule has 4 aromatic rings. The van der Waals surface area contributed by atoms with E-state index in [0.29, 0.717) is 5.56 Å². The number of aryl methyl sites for hydroxylation is 1. The lowest BCUT2D eigenvalue weighted by molar-refractivity contribution is 0.101. The summed E-state index contributed by atoms with van der Waals surface area (Å²) in [6, 6.07) is 16.0. The molecule has 25 heavy (non-hydrogen) atoms. The number of carbonyl (C=O) groups is 1. The van der Waals surface area contributed by atoms with E-state index >= 15 is 0 Å². The molecule has 124 valence electrons. The normalized spacial score (nSPS) is 11.1. The van der Waals surface area contributed by atoms with Crippen molar-refractivity contribution in [3.05, 3.63) is 65.9 Å². The third-order valence-electron chi connectivity index (χ3n) is 4.41. The van der Waals surface area contributed by atoms with E-state index in [1.807, 2.05) is 24.3 Å². The number of Topliss-reactive ketones (excluding diaryl/α,β-unsaturated/α-hetero) is 1. The van der Waals surface area contributed by atoms with Gasteiger partial charge in [-0.2, -0.15) is 5.10 Å². The summed E-state index contributed by atoms with van der Waals surface area (Å²) in [6.07, 6.45) is 2.71. The van der Waals surface area contributed by atoms with Gasteiger partial charge in [0.15, 0.2) is 11.6 Å². The molecule has 0 bridgehead atoms. The second-order valence-electron chi connectivity index (χ2n) is 6.02. The number of nitrogens with one attached hydrogen (secondary N) is 1. The summed E-state index contributed by atoms with van der Waals surface area (Å²) >= 11 is 0. The van der Waals surface area contributed by atoms with E-state index in [0.717, 1.165) is 34.7 Å². The Balaban J connectivity index is 1.98. The van der Waals surface area contributed by atoms with Crippen molar-refractivity contribution in [1.29, 1.82) is 0 Å². The number of hydrogen-bond donors (Lipinski definition) is 1. The van der Waals surface area contributed by atoms with Crippen LogP contribution in [0, 0.1) is 0 Å². The maximum Gasteiger partial charge on any atom is 0.163 e. The molecule has 0 aliphatic heterocycles. The first kappa shape index (κ1) is 15.3. The van der Waals surface area contributed by atoms with Crippen LogP contribution in [0.4, 0.5) is 0 Å². The highest BCUT2D eigenvalue weighted by atomic mass is 16.1. The summed E-state index contributed by atoms with van der Waals surface area (Å²) in [5.74, 6) is 0.810. The van der Waals surface area contributed by atoms with Crippen molar-refractivity contribution in [3.63, 3.8) is 0 Å². The number of imidazole rings is 1. The van der Waals surface area contributed by atoms with Crippen LogP contribution in [0.15, 0.2) is 54.7 Å². The first-order chi connectivity index (χ1) is 12.2. The van der Waals surface area contributed by atoms with E-state index < -0.39 is 0 Å². The van der Waals surface area contributed by atoms with E-state index in [2.05, 4.69) is 46.0 Å². The van der Waals surface area contributed by atoms with Gasteiger partial charge in [0.05, 0.1) is 11.0 Å². The second kappa shape index (κ2) is 6.02. The summed E-state index contributed by atoms with van der Waals surface area (Å²) in [5, 5.41) is 7.03. The van der Waals surface area contributed by atoms with Gasteiger partial charge in [0.2, 0.25) is 0 Å². The molecule has 0 spiro atoms. The smallest absolute Gasteiger partial charge is 0.163 e. The van der Waals surface area contributed by atoms with Crippen molar-refractivity contribution < 1.29 is 4.79 Å². The van der Waals surface area contributed by atoms with Gasteiger partial charge < -0.3 is 0 Å². The van der Waals surface area contributed by atoms with Crippen LogP contribution in [0.25, 0.3) is 28.2 Å². The molecular weight excluding hydrogens is 312 g/mol. The van der Waals surface area contributed by atoms with Crippen molar-refractivity contribution in [2.75, 3.05) is 0 Å². The highest BCUT2D eigenvalue weighted by Crippen LogP contribution is 2.28. The SMILES string of the molecule is CCc1ccc(-n2c(-c3ccn[nH]3)nc3cc(C(C)=O)ccc32)cc1. The summed E-state index contributed by atoms with van der Waals surface area (Å²) in [6.45, 7) is 3.71. The fraction of sp³-hybridized carbons (Fsp3) is 0.150. The molecule has 0 saturated heterocycles. The Kier molecular flexibility index (Phi) is 3.69. The number of carbonyl (C=O) groups excluding carboxylic acids is 1. The maximum absolute atomic E-state index is 11.7. The number of benzene rings is 2. The molecule has 0 radical (unpaired) electrons. The van der Waals surface area contributed by atoms with Gasteiger partial charge in [-0.05, 0) is 55.3 Å². The summed E-state index contributed by atoms with van der Waals surface area (Å²) < 4.78 is 2.09. The van der Waals surface area contributed by atoms with Crippen LogP contribution in [0.2, 0.25) is 0 Å². The minimum atomic E-state index is 0.0341. The fourth-order valence-electron chi connectivity index (χ4n) is 3.00. The number of nitrogens with zero attached hydrogens (tertiary/aromatic N) is 3. The average molecular weight is 330 g/mol. The summed E-state index contributed by atoms with van der Waals surface area (Å²) in [5.41, 5.74) is 5.56. The third-order valence-corrected chi connectivity index (χ3v) is 4.41. The minimum absolute atomic E-state index is 0.0341. The van der Waals surface area contributed by atoms with Gasteiger partial charge in [-0.25, -0.2) is 4.98 Å². The topological polar surface area (TPSA) is 63.6 Å². The van der Waals surface area contributed by atoms with Gasteiger partial charge in [0, 0.05) is 17.4 Å². The first-order valence-corrected chi connectivity index (χ1v) is 8.30. The van der Waals surface area contributed by atoms with Gasteiger partial charge in [-0.15, -0.1) is 0 Å². The molecule has 4 rings (SSSR count). The lowest BCUT2D eigenvalue weighted by Gasteiger charge is -2.09. The van der Waals surface area contributed by atoms with Crippen LogP contribution < -0.4 is 0 Å². The molecule has 1 N–H and O–H groups in total. The first-order valence-electron chi connectivity index (χ1n) is 8.30. The van der Waals surface area contributed by atoms with Gasteiger partial charge in [0.1, 0.15) is 5.69 Å². The molecule has 2 aromatic heterocycles. The Morgan fingerprint density at radius 2 is 1.92 bits per heavy atom. The van der Waals surface area contributed by atoms with Crippen molar-refractivity contribution in [2.45, 2.75) is 20.3 Å². The molecular formula is C20H18N4O. The number of hydrogen-bond acceptors (Lipinski definition) is 3. The molecule has 0 atom stereocenters. The van der Waals surface area contributed by atoms with Crippen LogP contribution in [-0.4, -0.2) is 25.5 Å². The van der Waals surface area contributed by atoms with Gasteiger partial charge in [-0.1, -0.05) is 19.1 Å². The van der Waals surface area contributed by atoms with Gasteiger partial charge in [0.25, 0.3) is 0 Å². The number of aromatic amines is 1. The zero-order valence-corrected chi connectivity index (χ0v) is 14.2. The number of aromatic nitrogens is 4. The number of H-pyrrole nitrogens is 1. The van der Waals surface area contributed by atoms with Crippen LogP contribution in [0.1, 0.15) is 29.8 Å². The lowest BCUT2D eigenvalue weighted by Crippen LogP contribution is -1.98. The quantitative estimate of drug-likeness (QED) is 0.571. The van der Waals surface area contributed by atoms with Gasteiger partial charge >= 0.3 is 0 Å². The molecule has 2 heterocycles. The molecule has 2 aromatic carbocycles. The predicted molar refractivity (Wildman–Crippen MR) is 98.0 cm³/mol. The Morgan fingerprint density at radius 1 is 1.12 bits per heavy atom. The van der Waals surface area contributed by atoms with Crippen molar-refractivity contribution in [3.8, 4) is 17.2 Å². The maximum atomic E-state index is 11.7. The molecule has 5 nitrogen and oxygen atoms in total. The van der Waals surface area contributed by atoms with Crippen molar-refractivity contribution >= 4 is 16.8 Å². The molecule has 0 aliphatic rings. The van der Waals surface area contributed by atoms with E-state index in [4.69, 9.17) is 4.98 Å². The Morgan fingerprint density at radius 3 is 2.56 bits per heavy atom. The molecule has 5 heteroatoms. The number of fused-ring (bicyclic) bond motifs is 1. The van der Waals surface area contributed by atoms with Gasteiger partial charge in [-0.3, -0.25) is 14.5 Å². The van der Waals surface area contributed by atoms with Crippen LogP contribution in [0.5, 0.6) is 0 Å². The predicted octanol–water partition coefficient (Wildman–Crippen LogP) is 4.18. The molecule has 0 saturated carbocycles. The van der Waals surface area contributed by atoms with Crippen LogP contribution in [-0.2, 0) is 6.42 Å². The molecule has 0 amide bonds. The van der Waals surface area contributed by atoms with Crippen molar-refractivity contribution in [1.82, 2.24) is 19.7 Å². The summed E-state index contributed by atoms with van der Waals surface area (Å²) in [4.78, 5) is 16.5. The lowest BCUT2D eigenvalue weighted by atomic mass is 10.1. The number of rotatable bonds is 4. The van der Waals surface area contributed by atoms with Crippen molar-refractivity contribution in [2.24, 2.45) is 0 Å². The minimum Gasteiger partial charge on any atom is -0.295 e. The van der Waals surface area contributed by atoms with E-state index in [-0.39, 0.29) is 5.78 Å². The molecule has 0 unspecified atom stereocenters. The standard InChI is InChI=1S/C20H18N4O/c1-3-14-4-7-16(8-5-14)24-19-9-6-15(13(2)25)12-18(19)22-20(24)17-10-11-21-23-17/h4-12H,3H2,1-2H3,(H,21,23). The van der Waals surface area contributed by atoms with Crippen LogP contribution >= 0.6 is 0 Å². The van der Waals surface area contributed by atoms with E-state index in [1.165, 1.54) is 5.56 Å². The summed E-state index contributed by atoms with van der Waals surface area (Å²) in [7, 11) is 0. The van der Waals surface area contributed by atoms with E-state index in [9.17, 15) is 4.79 Å². The monoisotopic (exact) mass is 330 g/mol. The zero-order valence-electron chi connectivity index (χ0n) is 14.2. The third kappa shape index (κ3) is 2.63. The zero-order chi connectivity index (χ0) is 17.4. The Labute approximate surface area is 145 Å². The number of ketones is 1.